The topological polar surface area (TPSA) is 117 Å². The lowest BCUT2D eigenvalue weighted by atomic mass is 10.1. The average Bonchev–Trinajstić information content (AvgIpc) is 2.74. The van der Waals surface area contributed by atoms with Gasteiger partial charge in [0.15, 0.2) is 0 Å². The Morgan fingerprint density at radius 2 is 1.62 bits per heavy atom. The summed E-state index contributed by atoms with van der Waals surface area (Å²) in [6, 6.07) is 10.9. The van der Waals surface area contributed by atoms with E-state index in [2.05, 4.69) is 19.9 Å². The van der Waals surface area contributed by atoms with Crippen LogP contribution >= 0.6 is 0 Å². The molecule has 0 bridgehead atoms. The lowest BCUT2D eigenvalue weighted by Gasteiger charge is -2.10. The van der Waals surface area contributed by atoms with Crippen LogP contribution in [-0.4, -0.2) is 41.8 Å². The number of anilines is 1. The highest BCUT2D eigenvalue weighted by Crippen LogP contribution is 2.17. The Morgan fingerprint density at radius 1 is 1.00 bits per heavy atom. The number of aromatic nitrogens is 2. The standard InChI is InChI=1S/C20H17N3O6/c1-28-19(26)13-7-14(20(27)29-2)9-15(8-13)22-17(24)11-23-18(25)16-6-4-3-5-12(16)10-21-23/h3-10H,11H2,1-2H3,(H,22,24). The van der Waals surface area contributed by atoms with Gasteiger partial charge in [-0.3, -0.25) is 9.59 Å². The molecule has 2 aromatic carbocycles. The van der Waals surface area contributed by atoms with Crippen LogP contribution in [0.4, 0.5) is 5.69 Å². The van der Waals surface area contributed by atoms with Crippen LogP contribution in [0.25, 0.3) is 10.8 Å². The summed E-state index contributed by atoms with van der Waals surface area (Å²) >= 11 is 0. The number of benzene rings is 2. The van der Waals surface area contributed by atoms with E-state index in [-0.39, 0.29) is 23.4 Å². The summed E-state index contributed by atoms with van der Waals surface area (Å²) in [6.45, 7) is -0.348. The van der Waals surface area contributed by atoms with E-state index in [4.69, 9.17) is 0 Å². The number of methoxy groups -OCH3 is 2. The van der Waals surface area contributed by atoms with Crippen molar-refractivity contribution in [3.8, 4) is 0 Å². The van der Waals surface area contributed by atoms with Crippen LogP contribution in [0.1, 0.15) is 20.7 Å². The normalized spacial score (nSPS) is 10.4. The molecule has 148 valence electrons. The van der Waals surface area contributed by atoms with E-state index in [1.165, 1.54) is 38.6 Å². The van der Waals surface area contributed by atoms with Gasteiger partial charge in [-0.05, 0) is 24.3 Å². The fourth-order valence-corrected chi connectivity index (χ4v) is 2.75. The Balaban J connectivity index is 1.87. The van der Waals surface area contributed by atoms with Crippen LogP contribution < -0.4 is 10.9 Å². The highest BCUT2D eigenvalue weighted by molar-refractivity contribution is 5.99. The summed E-state index contributed by atoms with van der Waals surface area (Å²) in [5, 5.41) is 7.66. The number of esters is 2. The van der Waals surface area contributed by atoms with Crippen LogP contribution in [-0.2, 0) is 20.8 Å². The number of fused-ring (bicyclic) bond motifs is 1. The molecule has 0 unspecified atom stereocenters. The molecule has 0 aliphatic carbocycles. The van der Waals surface area contributed by atoms with E-state index in [1.807, 2.05) is 0 Å². The first-order chi connectivity index (χ1) is 13.9. The summed E-state index contributed by atoms with van der Waals surface area (Å²) < 4.78 is 10.3. The van der Waals surface area contributed by atoms with E-state index >= 15 is 0 Å². The van der Waals surface area contributed by atoms with Gasteiger partial charge in [-0.25, -0.2) is 14.3 Å². The van der Waals surface area contributed by atoms with Crippen LogP contribution in [0, 0.1) is 0 Å². The van der Waals surface area contributed by atoms with Gasteiger partial charge in [-0.1, -0.05) is 18.2 Å². The van der Waals surface area contributed by atoms with Gasteiger partial charge in [0.2, 0.25) is 5.91 Å². The third kappa shape index (κ3) is 4.29. The van der Waals surface area contributed by atoms with Gasteiger partial charge in [-0.2, -0.15) is 5.10 Å². The van der Waals surface area contributed by atoms with Crippen LogP contribution in [0.3, 0.4) is 0 Å². The van der Waals surface area contributed by atoms with Gasteiger partial charge in [-0.15, -0.1) is 0 Å². The number of carbonyl (C=O) groups excluding carboxylic acids is 3. The molecule has 1 heterocycles. The quantitative estimate of drug-likeness (QED) is 0.652. The Hall–Kier alpha value is -4.01. The fraction of sp³-hybridized carbons (Fsp3) is 0.150. The van der Waals surface area contributed by atoms with E-state index in [9.17, 15) is 19.2 Å². The lowest BCUT2D eigenvalue weighted by molar-refractivity contribution is -0.117. The highest BCUT2D eigenvalue weighted by atomic mass is 16.5. The third-order valence-corrected chi connectivity index (χ3v) is 4.11. The predicted molar refractivity (Wildman–Crippen MR) is 104 cm³/mol. The van der Waals surface area contributed by atoms with Gasteiger partial charge in [0.1, 0.15) is 6.54 Å². The number of nitrogens with zero attached hydrogens (tertiary/aromatic N) is 2. The molecule has 0 spiro atoms. The number of hydrogen-bond acceptors (Lipinski definition) is 7. The smallest absolute Gasteiger partial charge is 0.337 e. The third-order valence-electron chi connectivity index (χ3n) is 4.11. The molecule has 0 radical (unpaired) electrons. The number of carbonyl (C=O) groups is 3. The van der Waals surface area contributed by atoms with E-state index in [0.717, 1.165) is 4.68 Å². The second kappa shape index (κ2) is 8.34. The molecule has 29 heavy (non-hydrogen) atoms. The van der Waals surface area contributed by atoms with Gasteiger partial charge in [0.25, 0.3) is 5.56 Å². The molecule has 0 saturated carbocycles. The van der Waals surface area contributed by atoms with Crippen molar-refractivity contribution in [3.63, 3.8) is 0 Å². The zero-order chi connectivity index (χ0) is 21.0. The largest absolute Gasteiger partial charge is 0.465 e. The first kappa shape index (κ1) is 19.7. The Labute approximate surface area is 164 Å². The Morgan fingerprint density at radius 3 is 2.24 bits per heavy atom. The maximum atomic E-state index is 12.5. The number of nitrogens with one attached hydrogen (secondary N) is 1. The van der Waals surface area contributed by atoms with Crippen molar-refractivity contribution in [2.75, 3.05) is 19.5 Å². The molecule has 9 heteroatoms. The number of amides is 1. The van der Waals surface area contributed by atoms with Crippen molar-refractivity contribution < 1.29 is 23.9 Å². The minimum Gasteiger partial charge on any atom is -0.465 e. The molecule has 0 saturated heterocycles. The first-order valence-corrected chi connectivity index (χ1v) is 8.49. The van der Waals surface area contributed by atoms with Crippen LogP contribution in [0.15, 0.2) is 53.5 Å². The van der Waals surface area contributed by atoms with Crippen LogP contribution in [0.5, 0.6) is 0 Å². The molecule has 1 N–H and O–H groups in total. The molecule has 0 atom stereocenters. The van der Waals surface area contributed by atoms with Crippen molar-refractivity contribution in [1.82, 2.24) is 9.78 Å². The SMILES string of the molecule is COC(=O)c1cc(NC(=O)Cn2ncc3ccccc3c2=O)cc(C(=O)OC)c1. The lowest BCUT2D eigenvalue weighted by Crippen LogP contribution is -2.29. The van der Waals surface area contributed by atoms with Crippen molar-refractivity contribution in [1.29, 1.82) is 0 Å². The van der Waals surface area contributed by atoms with E-state index < -0.39 is 23.4 Å². The number of hydrogen-bond donors (Lipinski definition) is 1. The second-order valence-electron chi connectivity index (χ2n) is 6.02. The summed E-state index contributed by atoms with van der Waals surface area (Å²) in [6.07, 6.45) is 1.50. The maximum absolute atomic E-state index is 12.5. The van der Waals surface area contributed by atoms with Crippen molar-refractivity contribution in [2.45, 2.75) is 6.54 Å². The van der Waals surface area contributed by atoms with Crippen molar-refractivity contribution in [3.05, 3.63) is 70.1 Å². The zero-order valence-electron chi connectivity index (χ0n) is 15.7. The Kier molecular flexibility index (Phi) is 5.68. The van der Waals surface area contributed by atoms with Gasteiger partial charge >= 0.3 is 11.9 Å². The summed E-state index contributed by atoms with van der Waals surface area (Å²) in [7, 11) is 2.40. The molecule has 0 aliphatic rings. The fourth-order valence-electron chi connectivity index (χ4n) is 2.75. The maximum Gasteiger partial charge on any atom is 0.337 e. The molecule has 3 rings (SSSR count). The number of rotatable bonds is 5. The second-order valence-corrected chi connectivity index (χ2v) is 6.02. The molecule has 0 fully saturated rings. The molecular weight excluding hydrogens is 378 g/mol. The van der Waals surface area contributed by atoms with Crippen molar-refractivity contribution >= 4 is 34.3 Å². The monoisotopic (exact) mass is 395 g/mol. The highest BCUT2D eigenvalue weighted by Gasteiger charge is 2.16. The molecule has 9 nitrogen and oxygen atoms in total. The van der Waals surface area contributed by atoms with E-state index in [1.54, 1.807) is 24.3 Å². The van der Waals surface area contributed by atoms with Gasteiger partial charge < -0.3 is 14.8 Å². The summed E-state index contributed by atoms with van der Waals surface area (Å²) in [4.78, 5) is 48.6. The summed E-state index contributed by atoms with van der Waals surface area (Å²) in [5.74, 6) is -1.93. The van der Waals surface area contributed by atoms with Crippen LogP contribution in [0.2, 0.25) is 0 Å². The minimum absolute atomic E-state index is 0.0618. The molecule has 3 aromatic rings. The summed E-state index contributed by atoms with van der Waals surface area (Å²) in [5.41, 5.74) is -0.109. The predicted octanol–water partition coefficient (Wildman–Crippen LogP) is 1.61. The van der Waals surface area contributed by atoms with E-state index in [0.29, 0.717) is 10.8 Å². The molecule has 0 aliphatic heterocycles. The molecule has 1 aromatic heterocycles. The van der Waals surface area contributed by atoms with Crippen molar-refractivity contribution in [2.24, 2.45) is 0 Å². The zero-order valence-corrected chi connectivity index (χ0v) is 15.7. The Bertz CT molecular complexity index is 1130. The molecule has 1 amide bonds. The number of ether oxygens (including phenoxy) is 2. The minimum atomic E-state index is -0.682. The average molecular weight is 395 g/mol. The first-order valence-electron chi connectivity index (χ1n) is 8.49. The molecular formula is C20H17N3O6. The van der Waals surface area contributed by atoms with Gasteiger partial charge in [0.05, 0.1) is 36.9 Å². The van der Waals surface area contributed by atoms with Gasteiger partial charge in [0, 0.05) is 11.1 Å².